The Morgan fingerprint density at radius 3 is 2.77 bits per heavy atom. The standard InChI is InChI=1S/C23H27N3O3S/c1-28-19-8-9-21-20(17-19)24-23(30-21)26(12-11-25-13-15-29-16-14-25)22(27)10-7-18-5-3-2-4-6-18/h2-6,8-9,17H,7,10-16H2,1H3/p+1. The predicted octanol–water partition coefficient (Wildman–Crippen LogP) is 2.19. The van der Waals surface area contributed by atoms with E-state index in [1.807, 2.05) is 41.3 Å². The molecule has 0 unspecified atom stereocenters. The molecule has 2 heterocycles. The molecule has 0 spiro atoms. The number of ether oxygens (including phenoxy) is 2. The smallest absolute Gasteiger partial charge is 0.229 e. The molecule has 2 aromatic carbocycles. The molecule has 30 heavy (non-hydrogen) atoms. The molecule has 3 aromatic rings. The topological polar surface area (TPSA) is 56.1 Å². The summed E-state index contributed by atoms with van der Waals surface area (Å²) in [5.41, 5.74) is 2.05. The molecule has 0 atom stereocenters. The number of aryl methyl sites for hydroxylation is 1. The largest absolute Gasteiger partial charge is 0.497 e. The Morgan fingerprint density at radius 2 is 2.00 bits per heavy atom. The van der Waals surface area contributed by atoms with Gasteiger partial charge >= 0.3 is 0 Å². The number of aromatic nitrogens is 1. The van der Waals surface area contributed by atoms with Gasteiger partial charge in [-0.3, -0.25) is 9.69 Å². The monoisotopic (exact) mass is 426 g/mol. The van der Waals surface area contributed by atoms with Crippen LogP contribution in [0.3, 0.4) is 0 Å². The average molecular weight is 427 g/mol. The first-order chi connectivity index (χ1) is 14.7. The fourth-order valence-corrected chi connectivity index (χ4v) is 4.66. The highest BCUT2D eigenvalue weighted by atomic mass is 32.1. The number of methoxy groups -OCH3 is 1. The van der Waals surface area contributed by atoms with Crippen LogP contribution in [0, 0.1) is 0 Å². The first kappa shape index (κ1) is 20.8. The number of hydrogen-bond acceptors (Lipinski definition) is 5. The number of quaternary nitrogens is 1. The summed E-state index contributed by atoms with van der Waals surface area (Å²) in [6.07, 6.45) is 1.21. The first-order valence-corrected chi connectivity index (χ1v) is 11.2. The van der Waals surface area contributed by atoms with Crippen LogP contribution in [0.5, 0.6) is 5.75 Å². The highest BCUT2D eigenvalue weighted by molar-refractivity contribution is 7.22. The molecule has 1 N–H and O–H groups in total. The van der Waals surface area contributed by atoms with Crippen molar-refractivity contribution in [3.8, 4) is 5.75 Å². The fraction of sp³-hybridized carbons (Fsp3) is 0.391. The Balaban J connectivity index is 1.51. The third kappa shape index (κ3) is 5.16. The number of nitrogens with zero attached hydrogens (tertiary/aromatic N) is 2. The van der Waals surface area contributed by atoms with Gasteiger partial charge in [0, 0.05) is 12.5 Å². The van der Waals surface area contributed by atoms with Gasteiger partial charge in [0.2, 0.25) is 5.91 Å². The van der Waals surface area contributed by atoms with E-state index in [1.165, 1.54) is 10.5 Å². The van der Waals surface area contributed by atoms with Crippen LogP contribution in [-0.4, -0.2) is 57.4 Å². The maximum Gasteiger partial charge on any atom is 0.229 e. The van der Waals surface area contributed by atoms with Gasteiger partial charge in [-0.15, -0.1) is 0 Å². The molecule has 1 aliphatic heterocycles. The van der Waals surface area contributed by atoms with Gasteiger partial charge in [0.1, 0.15) is 18.8 Å². The second-order valence-electron chi connectivity index (χ2n) is 7.47. The van der Waals surface area contributed by atoms with Crippen molar-refractivity contribution in [3.63, 3.8) is 0 Å². The van der Waals surface area contributed by atoms with Gasteiger partial charge in [0.05, 0.1) is 43.6 Å². The zero-order valence-corrected chi connectivity index (χ0v) is 18.1. The van der Waals surface area contributed by atoms with Crippen molar-refractivity contribution in [2.24, 2.45) is 0 Å². The van der Waals surface area contributed by atoms with Gasteiger partial charge in [-0.25, -0.2) is 4.98 Å². The number of rotatable bonds is 8. The quantitative estimate of drug-likeness (QED) is 0.600. The van der Waals surface area contributed by atoms with E-state index in [0.717, 1.165) is 60.4 Å². The summed E-state index contributed by atoms with van der Waals surface area (Å²) in [6.45, 7) is 5.13. The van der Waals surface area contributed by atoms with E-state index in [0.29, 0.717) is 13.0 Å². The summed E-state index contributed by atoms with van der Waals surface area (Å²) in [5.74, 6) is 0.900. The normalized spacial score (nSPS) is 14.7. The predicted molar refractivity (Wildman–Crippen MR) is 120 cm³/mol. The third-order valence-corrected chi connectivity index (χ3v) is 6.53. The number of hydrogen-bond donors (Lipinski definition) is 1. The van der Waals surface area contributed by atoms with E-state index in [4.69, 9.17) is 14.5 Å². The highest BCUT2D eigenvalue weighted by Gasteiger charge is 2.23. The summed E-state index contributed by atoms with van der Waals surface area (Å²) in [4.78, 5) is 21.3. The third-order valence-electron chi connectivity index (χ3n) is 5.47. The van der Waals surface area contributed by atoms with Crippen molar-refractivity contribution < 1.29 is 19.2 Å². The lowest BCUT2D eigenvalue weighted by Gasteiger charge is -2.27. The Kier molecular flexibility index (Phi) is 6.94. The lowest BCUT2D eigenvalue weighted by atomic mass is 10.1. The fourth-order valence-electron chi connectivity index (χ4n) is 3.68. The van der Waals surface area contributed by atoms with Gasteiger partial charge in [0.15, 0.2) is 5.13 Å². The molecule has 0 radical (unpaired) electrons. The van der Waals surface area contributed by atoms with E-state index in [-0.39, 0.29) is 5.91 Å². The summed E-state index contributed by atoms with van der Waals surface area (Å²) in [7, 11) is 1.65. The number of fused-ring (bicyclic) bond motifs is 1. The molecule has 1 amide bonds. The number of nitrogens with one attached hydrogen (secondary N) is 1. The lowest BCUT2D eigenvalue weighted by Crippen LogP contribution is -3.14. The number of amides is 1. The SMILES string of the molecule is COc1ccc2sc(N(CC[NH+]3CCOCC3)C(=O)CCc3ccccc3)nc2c1. The van der Waals surface area contributed by atoms with Gasteiger partial charge in [-0.05, 0) is 24.1 Å². The number of anilines is 1. The molecule has 0 aliphatic carbocycles. The van der Waals surface area contributed by atoms with Crippen LogP contribution in [0.25, 0.3) is 10.2 Å². The van der Waals surface area contributed by atoms with Crippen molar-refractivity contribution in [3.05, 3.63) is 54.1 Å². The Hall–Kier alpha value is -2.48. The van der Waals surface area contributed by atoms with Crippen LogP contribution in [-0.2, 0) is 16.0 Å². The van der Waals surface area contributed by atoms with Crippen LogP contribution in [0.1, 0.15) is 12.0 Å². The number of carbonyl (C=O) groups excluding carboxylic acids is 1. The number of benzene rings is 2. The molecular formula is C23H28N3O3S+. The Labute approximate surface area is 181 Å². The molecule has 6 nitrogen and oxygen atoms in total. The zero-order valence-electron chi connectivity index (χ0n) is 17.3. The minimum atomic E-state index is 0.123. The number of thiazole rings is 1. The molecular weight excluding hydrogens is 398 g/mol. The number of carbonyl (C=O) groups is 1. The molecule has 158 valence electrons. The average Bonchev–Trinajstić information content (AvgIpc) is 3.22. The van der Waals surface area contributed by atoms with Crippen LogP contribution in [0.15, 0.2) is 48.5 Å². The van der Waals surface area contributed by atoms with Gasteiger partial charge in [-0.1, -0.05) is 41.7 Å². The summed E-state index contributed by atoms with van der Waals surface area (Å²) >= 11 is 1.57. The van der Waals surface area contributed by atoms with Crippen molar-refractivity contribution in [2.45, 2.75) is 12.8 Å². The maximum atomic E-state index is 13.2. The summed E-state index contributed by atoms with van der Waals surface area (Å²) in [5, 5.41) is 0.768. The summed E-state index contributed by atoms with van der Waals surface area (Å²) in [6, 6.07) is 16.0. The van der Waals surface area contributed by atoms with E-state index >= 15 is 0 Å². The molecule has 1 fully saturated rings. The Bertz CT molecular complexity index is 970. The van der Waals surface area contributed by atoms with E-state index < -0.39 is 0 Å². The van der Waals surface area contributed by atoms with Crippen molar-refractivity contribution in [1.29, 1.82) is 0 Å². The molecule has 4 rings (SSSR count). The second kappa shape index (κ2) is 10.0. The lowest BCUT2D eigenvalue weighted by molar-refractivity contribution is -0.906. The van der Waals surface area contributed by atoms with Gasteiger partial charge < -0.3 is 14.4 Å². The van der Waals surface area contributed by atoms with E-state index in [1.54, 1.807) is 18.4 Å². The van der Waals surface area contributed by atoms with Gasteiger partial charge in [-0.2, -0.15) is 0 Å². The Morgan fingerprint density at radius 1 is 1.20 bits per heavy atom. The summed E-state index contributed by atoms with van der Waals surface area (Å²) < 4.78 is 11.8. The van der Waals surface area contributed by atoms with Crippen molar-refractivity contribution in [1.82, 2.24) is 4.98 Å². The molecule has 0 bridgehead atoms. The first-order valence-electron chi connectivity index (χ1n) is 10.4. The molecule has 1 aliphatic rings. The molecule has 0 saturated carbocycles. The minimum Gasteiger partial charge on any atom is -0.497 e. The van der Waals surface area contributed by atoms with Crippen molar-refractivity contribution in [2.75, 3.05) is 51.4 Å². The zero-order chi connectivity index (χ0) is 20.8. The van der Waals surface area contributed by atoms with Crippen LogP contribution < -0.4 is 14.5 Å². The molecule has 7 heteroatoms. The minimum absolute atomic E-state index is 0.123. The van der Waals surface area contributed by atoms with E-state index in [2.05, 4.69) is 12.1 Å². The number of morpholine rings is 1. The van der Waals surface area contributed by atoms with Gasteiger partial charge in [0.25, 0.3) is 0 Å². The van der Waals surface area contributed by atoms with Crippen LogP contribution >= 0.6 is 11.3 Å². The van der Waals surface area contributed by atoms with E-state index in [9.17, 15) is 4.79 Å². The van der Waals surface area contributed by atoms with Crippen molar-refractivity contribution >= 4 is 32.6 Å². The maximum absolute atomic E-state index is 13.2. The second-order valence-corrected chi connectivity index (χ2v) is 8.48. The van der Waals surface area contributed by atoms with Crippen LogP contribution in [0.2, 0.25) is 0 Å². The highest BCUT2D eigenvalue weighted by Crippen LogP contribution is 2.31. The molecule has 1 saturated heterocycles. The van der Waals surface area contributed by atoms with Crippen LogP contribution in [0.4, 0.5) is 5.13 Å². The molecule has 1 aromatic heterocycles.